The van der Waals surface area contributed by atoms with Crippen molar-refractivity contribution in [2.24, 2.45) is 0 Å². The van der Waals surface area contributed by atoms with Gasteiger partial charge in [-0.15, -0.1) is 0 Å². The molecule has 0 bridgehead atoms. The number of hydrogen-bond acceptors (Lipinski definition) is 4. The highest BCUT2D eigenvalue weighted by atomic mass is 32.2. The van der Waals surface area contributed by atoms with Gasteiger partial charge in [0.15, 0.2) is 5.78 Å². The zero-order valence-electron chi connectivity index (χ0n) is 12.2. The van der Waals surface area contributed by atoms with Crippen molar-refractivity contribution in [1.82, 2.24) is 9.62 Å². The Balaban J connectivity index is 2.75. The molecule has 0 aliphatic heterocycles. The first kappa shape index (κ1) is 16.8. The number of carbonyl (C=O) groups excluding carboxylic acids is 1. The number of ketones is 1. The predicted molar refractivity (Wildman–Crippen MR) is 79.4 cm³/mol. The number of nitrogens with zero attached hydrogens (tertiary/aromatic N) is 1. The summed E-state index contributed by atoms with van der Waals surface area (Å²) in [5.74, 6) is -0.0605. The molecule has 0 aromatic heterocycles. The fraction of sp³-hybridized carbons (Fsp3) is 0.500. The molecule has 0 fully saturated rings. The molecule has 1 aromatic carbocycles. The van der Waals surface area contributed by atoms with Crippen LogP contribution in [0.5, 0.6) is 0 Å². The lowest BCUT2D eigenvalue weighted by Crippen LogP contribution is -2.27. The summed E-state index contributed by atoms with van der Waals surface area (Å²) in [6, 6.07) is 6.16. The fourth-order valence-corrected chi connectivity index (χ4v) is 2.85. The van der Waals surface area contributed by atoms with Gasteiger partial charge in [-0.2, -0.15) is 0 Å². The summed E-state index contributed by atoms with van der Waals surface area (Å²) < 4.78 is 26.8. The summed E-state index contributed by atoms with van der Waals surface area (Å²) in [7, 11) is 0.334. The van der Waals surface area contributed by atoms with E-state index in [9.17, 15) is 13.2 Å². The van der Waals surface area contributed by atoms with Crippen molar-refractivity contribution in [3.05, 3.63) is 29.8 Å². The van der Waals surface area contributed by atoms with E-state index in [0.717, 1.165) is 13.0 Å². The van der Waals surface area contributed by atoms with Crippen LogP contribution in [0.3, 0.4) is 0 Å². The van der Waals surface area contributed by atoms with Crippen LogP contribution in [0.2, 0.25) is 0 Å². The minimum atomic E-state index is -3.54. The Morgan fingerprint density at radius 2 is 2.00 bits per heavy atom. The molecule has 0 spiro atoms. The minimum absolute atomic E-state index is 0.0605. The summed E-state index contributed by atoms with van der Waals surface area (Å²) in [4.78, 5) is 13.7. The second-order valence-electron chi connectivity index (χ2n) is 4.86. The third kappa shape index (κ3) is 5.03. The van der Waals surface area contributed by atoms with Crippen molar-refractivity contribution in [2.45, 2.75) is 24.7 Å². The molecule has 0 amide bonds. The van der Waals surface area contributed by atoms with Crippen molar-refractivity contribution in [3.63, 3.8) is 0 Å². The Morgan fingerprint density at radius 1 is 1.30 bits per heavy atom. The third-order valence-corrected chi connectivity index (χ3v) is 4.32. The highest BCUT2D eigenvalue weighted by molar-refractivity contribution is 7.89. The molecule has 1 rings (SSSR count). The molecule has 20 heavy (non-hydrogen) atoms. The minimum Gasteiger partial charge on any atom is -0.309 e. The van der Waals surface area contributed by atoms with Gasteiger partial charge in [0.05, 0.1) is 4.90 Å². The van der Waals surface area contributed by atoms with Crippen LogP contribution in [-0.2, 0) is 10.0 Å². The molecule has 0 saturated heterocycles. The van der Waals surface area contributed by atoms with Crippen molar-refractivity contribution in [2.75, 3.05) is 27.2 Å². The zero-order valence-corrected chi connectivity index (χ0v) is 13.0. The largest absolute Gasteiger partial charge is 0.309 e. The maximum Gasteiger partial charge on any atom is 0.240 e. The Morgan fingerprint density at radius 3 is 2.60 bits per heavy atom. The van der Waals surface area contributed by atoms with Crippen LogP contribution in [0.4, 0.5) is 0 Å². The highest BCUT2D eigenvalue weighted by Crippen LogP contribution is 2.13. The molecule has 0 saturated carbocycles. The summed E-state index contributed by atoms with van der Waals surface area (Å²) in [5, 5.41) is 0. The Labute approximate surface area is 121 Å². The standard InChI is InChI=1S/C14H22N2O3S/c1-4-14(17)12-7-5-8-13(11-12)20(18,19)15-9-6-10-16(2)3/h5,7-8,11,15H,4,6,9-10H2,1-3H3. The van der Waals surface area contributed by atoms with Gasteiger partial charge in [0.25, 0.3) is 0 Å². The van der Waals surface area contributed by atoms with E-state index in [4.69, 9.17) is 0 Å². The van der Waals surface area contributed by atoms with Gasteiger partial charge in [0.1, 0.15) is 0 Å². The third-order valence-electron chi connectivity index (χ3n) is 2.86. The molecule has 0 aliphatic rings. The van der Waals surface area contributed by atoms with E-state index in [1.54, 1.807) is 19.1 Å². The normalized spacial score (nSPS) is 11.8. The molecule has 0 radical (unpaired) electrons. The molecule has 0 aliphatic carbocycles. The average Bonchev–Trinajstić information content (AvgIpc) is 2.42. The van der Waals surface area contributed by atoms with Crippen LogP contribution in [-0.4, -0.2) is 46.3 Å². The van der Waals surface area contributed by atoms with Gasteiger partial charge in [-0.1, -0.05) is 19.1 Å². The lowest BCUT2D eigenvalue weighted by atomic mass is 10.1. The fourth-order valence-electron chi connectivity index (χ4n) is 1.73. The molecule has 0 heterocycles. The maximum atomic E-state index is 12.1. The molecule has 1 N–H and O–H groups in total. The summed E-state index contributed by atoms with van der Waals surface area (Å²) in [6.07, 6.45) is 1.10. The monoisotopic (exact) mass is 298 g/mol. The summed E-state index contributed by atoms with van der Waals surface area (Å²) in [5.41, 5.74) is 0.434. The van der Waals surface area contributed by atoms with Crippen molar-refractivity contribution in [3.8, 4) is 0 Å². The maximum absolute atomic E-state index is 12.1. The first-order chi connectivity index (χ1) is 9.36. The van der Waals surface area contributed by atoms with E-state index >= 15 is 0 Å². The lowest BCUT2D eigenvalue weighted by molar-refractivity contribution is 0.0988. The summed E-state index contributed by atoms with van der Waals surface area (Å²) in [6.45, 7) is 2.95. The zero-order chi connectivity index (χ0) is 15.2. The van der Waals surface area contributed by atoms with Crippen LogP contribution < -0.4 is 4.72 Å². The van der Waals surface area contributed by atoms with E-state index in [1.165, 1.54) is 12.1 Å². The Bertz CT molecular complexity index is 553. The van der Waals surface area contributed by atoms with Crippen LogP contribution in [0.15, 0.2) is 29.2 Å². The lowest BCUT2D eigenvalue weighted by Gasteiger charge is -2.10. The first-order valence-corrected chi connectivity index (χ1v) is 8.13. The SMILES string of the molecule is CCC(=O)c1cccc(S(=O)(=O)NCCCN(C)C)c1. The van der Waals surface area contributed by atoms with Crippen LogP contribution in [0.25, 0.3) is 0 Å². The molecular formula is C14H22N2O3S. The Kier molecular flexibility index (Phi) is 6.32. The molecule has 0 atom stereocenters. The number of Topliss-reactive ketones (excluding diaryl/α,β-unsaturated/α-hetero) is 1. The number of carbonyl (C=O) groups is 1. The van der Waals surface area contributed by atoms with Gasteiger partial charge in [-0.25, -0.2) is 13.1 Å². The van der Waals surface area contributed by atoms with Crippen molar-refractivity contribution >= 4 is 15.8 Å². The van der Waals surface area contributed by atoms with Gasteiger partial charge in [0, 0.05) is 18.5 Å². The molecule has 112 valence electrons. The molecule has 0 unspecified atom stereocenters. The van der Waals surface area contributed by atoms with Crippen LogP contribution in [0, 0.1) is 0 Å². The van der Waals surface area contributed by atoms with Crippen LogP contribution in [0.1, 0.15) is 30.1 Å². The van der Waals surface area contributed by atoms with Gasteiger partial charge in [-0.05, 0) is 39.2 Å². The van der Waals surface area contributed by atoms with E-state index < -0.39 is 10.0 Å². The Hall–Kier alpha value is -1.24. The predicted octanol–water partition coefficient (Wildman–Crippen LogP) is 1.51. The smallest absolute Gasteiger partial charge is 0.240 e. The van der Waals surface area contributed by atoms with E-state index in [1.807, 2.05) is 19.0 Å². The van der Waals surface area contributed by atoms with Crippen LogP contribution >= 0.6 is 0 Å². The van der Waals surface area contributed by atoms with Gasteiger partial charge >= 0.3 is 0 Å². The molecule has 5 nitrogen and oxygen atoms in total. The second-order valence-corrected chi connectivity index (χ2v) is 6.63. The number of hydrogen-bond donors (Lipinski definition) is 1. The second kappa shape index (κ2) is 7.52. The average molecular weight is 298 g/mol. The van der Waals surface area contributed by atoms with Gasteiger partial charge in [-0.3, -0.25) is 4.79 Å². The van der Waals surface area contributed by atoms with E-state index in [-0.39, 0.29) is 10.7 Å². The quantitative estimate of drug-likeness (QED) is 0.583. The molecular weight excluding hydrogens is 276 g/mol. The van der Waals surface area contributed by atoms with E-state index in [2.05, 4.69) is 4.72 Å². The van der Waals surface area contributed by atoms with Crippen molar-refractivity contribution in [1.29, 1.82) is 0 Å². The summed E-state index contributed by atoms with van der Waals surface area (Å²) >= 11 is 0. The van der Waals surface area contributed by atoms with E-state index in [0.29, 0.717) is 18.5 Å². The molecule has 6 heteroatoms. The number of sulfonamides is 1. The van der Waals surface area contributed by atoms with Gasteiger partial charge < -0.3 is 4.90 Å². The highest BCUT2D eigenvalue weighted by Gasteiger charge is 2.15. The topological polar surface area (TPSA) is 66.5 Å². The number of rotatable bonds is 8. The molecule has 1 aromatic rings. The number of nitrogens with one attached hydrogen (secondary N) is 1. The number of benzene rings is 1. The first-order valence-electron chi connectivity index (χ1n) is 6.64. The van der Waals surface area contributed by atoms with Gasteiger partial charge in [0.2, 0.25) is 10.0 Å². The van der Waals surface area contributed by atoms with Crippen molar-refractivity contribution < 1.29 is 13.2 Å².